The summed E-state index contributed by atoms with van der Waals surface area (Å²) in [5.41, 5.74) is 0. The molecule has 3 N–H and O–H groups in total. The molecule has 0 aliphatic carbocycles. The molecule has 596 valence electrons. The van der Waals surface area contributed by atoms with Crippen LogP contribution in [0.3, 0.4) is 0 Å². The van der Waals surface area contributed by atoms with Crippen LogP contribution in [-0.2, 0) is 65.4 Å². The first-order chi connectivity index (χ1) is 50.7. The molecule has 0 bridgehead atoms. The summed E-state index contributed by atoms with van der Waals surface area (Å²) in [5, 5.41) is 10.6. The fourth-order valence-corrected chi connectivity index (χ4v) is 12.1. The zero-order valence-corrected chi connectivity index (χ0v) is 66.9. The average molecular weight is 1500 g/mol. The van der Waals surface area contributed by atoms with E-state index in [0.717, 1.165) is 161 Å². The topological polar surface area (TPSA) is 237 Å². The minimum absolute atomic E-state index is 0.0287. The SMILES string of the molecule is CC/C=C\C/C=C\C/C=C\C/C=C\C/C=C\C/C=C\CCC(=O)OCC(COP(=O)(O)OCC(O)COP(=O)(O)OCC(COC(=O)CCCCCCC/C=C\CCCCCCCC)OC(=O)CCCCCCC/C=C\CCCCCCCC)OC(=O)CCCCCCC/C=C\C/C=C\C/C=C\CC. The second-order valence-electron chi connectivity index (χ2n) is 26.6. The maximum atomic E-state index is 13.1. The van der Waals surface area contributed by atoms with Gasteiger partial charge < -0.3 is 33.8 Å². The molecule has 0 saturated heterocycles. The Bertz CT molecular complexity index is 2490. The second kappa shape index (κ2) is 76.4. The third-order valence-electron chi connectivity index (χ3n) is 16.6. The van der Waals surface area contributed by atoms with Crippen LogP contribution in [0, 0.1) is 0 Å². The van der Waals surface area contributed by atoms with E-state index >= 15 is 0 Å². The fraction of sp³-hybridized carbons (Fsp3) is 0.694. The summed E-state index contributed by atoms with van der Waals surface area (Å²) in [6, 6.07) is 0. The van der Waals surface area contributed by atoms with Crippen LogP contribution in [0.4, 0.5) is 0 Å². The maximum absolute atomic E-state index is 13.1. The molecule has 0 aromatic heterocycles. The number of carbonyl (C=O) groups excluding carboxylic acids is 4. The van der Waals surface area contributed by atoms with Crippen molar-refractivity contribution in [3.8, 4) is 0 Å². The van der Waals surface area contributed by atoms with E-state index in [9.17, 15) is 43.2 Å². The van der Waals surface area contributed by atoms with Crippen molar-refractivity contribution in [2.24, 2.45) is 0 Å². The van der Waals surface area contributed by atoms with Crippen LogP contribution in [0.5, 0.6) is 0 Å². The lowest BCUT2D eigenvalue weighted by molar-refractivity contribution is -0.161. The van der Waals surface area contributed by atoms with E-state index in [2.05, 4.69) is 143 Å². The van der Waals surface area contributed by atoms with Crippen molar-refractivity contribution in [3.63, 3.8) is 0 Å². The Morgan fingerprint density at radius 1 is 0.279 bits per heavy atom. The number of rotatable bonds is 75. The normalized spacial score (nSPS) is 14.6. The van der Waals surface area contributed by atoms with Gasteiger partial charge in [0.05, 0.1) is 26.4 Å². The summed E-state index contributed by atoms with van der Waals surface area (Å²) < 4.78 is 68.5. The smallest absolute Gasteiger partial charge is 0.462 e. The zero-order valence-electron chi connectivity index (χ0n) is 65.2. The highest BCUT2D eigenvalue weighted by molar-refractivity contribution is 7.47. The highest BCUT2D eigenvalue weighted by Crippen LogP contribution is 2.45. The molecule has 104 heavy (non-hydrogen) atoms. The number of phosphoric acid groups is 2. The number of hydrogen-bond donors (Lipinski definition) is 3. The summed E-state index contributed by atoms with van der Waals surface area (Å²) in [4.78, 5) is 73.0. The molecular formula is C85H144O17P2. The third kappa shape index (κ3) is 75.4. The predicted molar refractivity (Wildman–Crippen MR) is 427 cm³/mol. The molecule has 0 radical (unpaired) electrons. The molecule has 0 heterocycles. The van der Waals surface area contributed by atoms with Crippen LogP contribution in [0.1, 0.15) is 323 Å². The minimum atomic E-state index is -5.00. The van der Waals surface area contributed by atoms with Crippen LogP contribution in [0.2, 0.25) is 0 Å². The van der Waals surface area contributed by atoms with Crippen LogP contribution >= 0.6 is 15.6 Å². The lowest BCUT2D eigenvalue weighted by atomic mass is 10.1. The van der Waals surface area contributed by atoms with Crippen molar-refractivity contribution in [1.82, 2.24) is 0 Å². The molecule has 0 fully saturated rings. The summed E-state index contributed by atoms with van der Waals surface area (Å²) in [6.07, 6.45) is 85.8. The van der Waals surface area contributed by atoms with Gasteiger partial charge in [0.25, 0.3) is 0 Å². The van der Waals surface area contributed by atoms with Gasteiger partial charge in [0.15, 0.2) is 12.2 Å². The predicted octanol–water partition coefficient (Wildman–Crippen LogP) is 23.7. The number of carbonyl (C=O) groups is 4. The number of hydrogen-bond acceptors (Lipinski definition) is 15. The van der Waals surface area contributed by atoms with Gasteiger partial charge in [-0.1, -0.05) is 283 Å². The van der Waals surface area contributed by atoms with Gasteiger partial charge in [-0.25, -0.2) is 9.13 Å². The highest BCUT2D eigenvalue weighted by atomic mass is 31.2. The standard InChI is InChI=1S/C85H144O17P2/c1-5-9-13-17-21-25-29-33-37-38-39-40-44-46-50-54-58-62-66-70-83(88)96-76-81(102-85(90)72-68-64-60-56-52-48-43-36-32-28-24-20-16-12-8-4)78-100-104(93,94)98-74-79(86)73-97-103(91,92)99-77-80(101-84(89)71-67-63-59-55-51-47-42-35-31-27-23-19-15-11-7-3)75-95-82(87)69-65-61-57-53-49-45-41-34-30-26-22-18-14-10-6-2/h9,12-13,16,21,24-25,28,33-37,39-43,46,50,58,62,79-81,86H,5-8,10-11,14-15,17-20,22-23,26-27,29-32,38,44-45,47-49,51-57,59-61,63-78H2,1-4H3,(H,91,92)(H,93,94)/b13-9-,16-12-,25-21-,28-24-,37-33-,40-39-,41-34-,42-35-,43-36-,50-46-,62-58-. The van der Waals surface area contributed by atoms with Gasteiger partial charge in [0, 0.05) is 25.7 Å². The first kappa shape index (κ1) is 99.2. The summed E-state index contributed by atoms with van der Waals surface area (Å²) in [7, 11) is -9.99. The molecule has 0 spiro atoms. The van der Waals surface area contributed by atoms with Crippen LogP contribution < -0.4 is 0 Å². The molecule has 5 unspecified atom stereocenters. The first-order valence-corrected chi connectivity index (χ1v) is 43.4. The van der Waals surface area contributed by atoms with Gasteiger partial charge in [0.2, 0.25) is 0 Å². The number of esters is 4. The maximum Gasteiger partial charge on any atom is 0.472 e. The highest BCUT2D eigenvalue weighted by Gasteiger charge is 2.30. The Morgan fingerprint density at radius 2 is 0.519 bits per heavy atom. The largest absolute Gasteiger partial charge is 0.472 e. The molecular weight excluding hydrogens is 1350 g/mol. The lowest BCUT2D eigenvalue weighted by Gasteiger charge is -2.21. The first-order valence-electron chi connectivity index (χ1n) is 40.4. The number of aliphatic hydroxyl groups is 1. The van der Waals surface area contributed by atoms with E-state index in [1.165, 1.54) is 77.0 Å². The van der Waals surface area contributed by atoms with Gasteiger partial charge in [-0.05, 0) is 148 Å². The van der Waals surface area contributed by atoms with Crippen molar-refractivity contribution in [2.75, 3.05) is 39.6 Å². The quantitative estimate of drug-likeness (QED) is 0.0169. The monoisotopic (exact) mass is 1500 g/mol. The summed E-state index contributed by atoms with van der Waals surface area (Å²) in [5.74, 6) is -2.31. The van der Waals surface area contributed by atoms with Gasteiger partial charge in [0.1, 0.15) is 19.3 Å². The molecule has 0 aliphatic rings. The fourth-order valence-electron chi connectivity index (χ4n) is 10.5. The van der Waals surface area contributed by atoms with Crippen molar-refractivity contribution in [3.05, 3.63) is 134 Å². The van der Waals surface area contributed by atoms with Gasteiger partial charge in [-0.2, -0.15) is 0 Å². The Labute approximate surface area is 631 Å². The minimum Gasteiger partial charge on any atom is -0.462 e. The lowest BCUT2D eigenvalue weighted by Crippen LogP contribution is -2.30. The average Bonchev–Trinajstić information content (AvgIpc) is 0.918. The van der Waals surface area contributed by atoms with Crippen molar-refractivity contribution >= 4 is 39.5 Å². The molecule has 0 aromatic rings. The molecule has 5 atom stereocenters. The van der Waals surface area contributed by atoms with Crippen molar-refractivity contribution in [1.29, 1.82) is 0 Å². The van der Waals surface area contributed by atoms with Crippen LogP contribution in [-0.4, -0.2) is 96.7 Å². The Morgan fingerprint density at radius 3 is 0.837 bits per heavy atom. The molecule has 0 saturated carbocycles. The van der Waals surface area contributed by atoms with Crippen molar-refractivity contribution in [2.45, 2.75) is 341 Å². The number of aliphatic hydroxyl groups excluding tert-OH is 1. The van der Waals surface area contributed by atoms with Gasteiger partial charge >= 0.3 is 39.5 Å². The Kier molecular flexibility index (Phi) is 72.9. The van der Waals surface area contributed by atoms with E-state index in [-0.39, 0.29) is 25.7 Å². The number of allylic oxidation sites excluding steroid dienone is 22. The molecule has 0 amide bonds. The molecule has 19 heteroatoms. The second-order valence-corrected chi connectivity index (χ2v) is 29.5. The summed E-state index contributed by atoms with van der Waals surface area (Å²) in [6.45, 7) is 4.53. The van der Waals surface area contributed by atoms with E-state index in [4.69, 9.17) is 37.0 Å². The Hall–Kier alpha value is -4.80. The van der Waals surface area contributed by atoms with Crippen LogP contribution in [0.25, 0.3) is 0 Å². The van der Waals surface area contributed by atoms with Gasteiger partial charge in [-0.3, -0.25) is 37.3 Å². The summed E-state index contributed by atoms with van der Waals surface area (Å²) >= 11 is 0. The molecule has 0 rings (SSSR count). The third-order valence-corrected chi connectivity index (χ3v) is 18.5. The molecule has 17 nitrogen and oxygen atoms in total. The molecule has 0 aromatic carbocycles. The van der Waals surface area contributed by atoms with Gasteiger partial charge in [-0.15, -0.1) is 0 Å². The van der Waals surface area contributed by atoms with Crippen molar-refractivity contribution < 1.29 is 80.2 Å². The zero-order chi connectivity index (χ0) is 76.0. The van der Waals surface area contributed by atoms with E-state index < -0.39 is 97.5 Å². The van der Waals surface area contributed by atoms with Crippen LogP contribution in [0.15, 0.2) is 134 Å². The van der Waals surface area contributed by atoms with E-state index in [1.54, 1.807) is 0 Å². The van der Waals surface area contributed by atoms with E-state index in [0.29, 0.717) is 32.1 Å². The molecule has 0 aliphatic heterocycles. The number of unbranched alkanes of at least 4 members (excludes halogenated alkanes) is 27. The van der Waals surface area contributed by atoms with E-state index in [1.807, 2.05) is 18.2 Å². The number of phosphoric ester groups is 2. The Balaban J connectivity index is 5.45. The number of ether oxygens (including phenoxy) is 4.